The fourth-order valence-electron chi connectivity index (χ4n) is 3.32. The molecule has 3 aromatic carbocycles. The standard InChI is InChI=1S/C21H16BrNO3S/c1-14-6-12-17(13-7-14)27(25,26)23-20(15-8-10-16(22)11-9-15)18-4-2-3-5-19(18)21(23)24/h2-13,20H,1H3/t20-/m0/s1. The molecule has 4 nitrogen and oxygen atoms in total. The van der Waals surface area contributed by atoms with E-state index < -0.39 is 22.0 Å². The summed E-state index contributed by atoms with van der Waals surface area (Å²) in [6, 6.07) is 20.3. The Hall–Kier alpha value is -2.44. The highest BCUT2D eigenvalue weighted by Gasteiger charge is 2.45. The molecule has 0 unspecified atom stereocenters. The molecule has 1 atom stereocenters. The predicted octanol–water partition coefficient (Wildman–Crippen LogP) is 4.69. The summed E-state index contributed by atoms with van der Waals surface area (Å²) in [6.45, 7) is 1.89. The molecule has 3 aromatic rings. The first kappa shape index (κ1) is 17.9. The lowest BCUT2D eigenvalue weighted by Crippen LogP contribution is -2.35. The molecule has 0 saturated carbocycles. The van der Waals surface area contributed by atoms with Crippen LogP contribution in [0.15, 0.2) is 82.2 Å². The van der Waals surface area contributed by atoms with Crippen LogP contribution in [-0.2, 0) is 10.0 Å². The van der Waals surface area contributed by atoms with Gasteiger partial charge in [0, 0.05) is 10.0 Å². The van der Waals surface area contributed by atoms with Crippen LogP contribution >= 0.6 is 15.9 Å². The fourth-order valence-corrected chi connectivity index (χ4v) is 5.13. The third-order valence-corrected chi connectivity index (χ3v) is 6.98. The summed E-state index contributed by atoms with van der Waals surface area (Å²) in [5.41, 5.74) is 2.81. The molecule has 0 aromatic heterocycles. The molecule has 6 heteroatoms. The summed E-state index contributed by atoms with van der Waals surface area (Å²) in [5, 5.41) is 0. The van der Waals surface area contributed by atoms with Gasteiger partial charge in [0.05, 0.1) is 10.9 Å². The Kier molecular flexibility index (Phi) is 4.40. The topological polar surface area (TPSA) is 54.5 Å². The molecule has 0 N–H and O–H groups in total. The SMILES string of the molecule is Cc1ccc(S(=O)(=O)N2C(=O)c3ccccc3[C@@H]2c2ccc(Br)cc2)cc1. The number of amides is 1. The van der Waals surface area contributed by atoms with Crippen molar-refractivity contribution in [2.24, 2.45) is 0 Å². The van der Waals surface area contributed by atoms with Crippen molar-refractivity contribution in [2.75, 3.05) is 0 Å². The molecule has 0 radical (unpaired) electrons. The minimum Gasteiger partial charge on any atom is -0.268 e. The van der Waals surface area contributed by atoms with Crippen LogP contribution in [0, 0.1) is 6.92 Å². The number of hydrogen-bond acceptors (Lipinski definition) is 3. The molecule has 1 aliphatic heterocycles. The van der Waals surface area contributed by atoms with E-state index >= 15 is 0 Å². The quantitative estimate of drug-likeness (QED) is 0.592. The smallest absolute Gasteiger partial charge is 0.268 e. The molecule has 136 valence electrons. The van der Waals surface area contributed by atoms with Crippen molar-refractivity contribution in [3.05, 3.63) is 99.5 Å². The van der Waals surface area contributed by atoms with E-state index in [-0.39, 0.29) is 4.90 Å². The van der Waals surface area contributed by atoms with E-state index in [1.807, 2.05) is 43.3 Å². The lowest BCUT2D eigenvalue weighted by molar-refractivity contribution is 0.0865. The van der Waals surface area contributed by atoms with Crippen LogP contribution in [-0.4, -0.2) is 18.6 Å². The first-order chi connectivity index (χ1) is 12.9. The van der Waals surface area contributed by atoms with Crippen molar-refractivity contribution in [1.29, 1.82) is 0 Å². The van der Waals surface area contributed by atoms with Crippen molar-refractivity contribution >= 4 is 31.9 Å². The Morgan fingerprint density at radius 3 is 2.19 bits per heavy atom. The Morgan fingerprint density at radius 1 is 0.889 bits per heavy atom. The zero-order valence-electron chi connectivity index (χ0n) is 14.5. The molecule has 0 aliphatic carbocycles. The van der Waals surface area contributed by atoms with E-state index in [0.717, 1.165) is 19.9 Å². The molecule has 1 heterocycles. The van der Waals surface area contributed by atoms with Gasteiger partial charge < -0.3 is 0 Å². The van der Waals surface area contributed by atoms with Crippen molar-refractivity contribution in [3.63, 3.8) is 0 Å². The van der Waals surface area contributed by atoms with E-state index in [1.54, 1.807) is 36.4 Å². The molecule has 0 spiro atoms. The normalized spacial score (nSPS) is 16.4. The zero-order valence-corrected chi connectivity index (χ0v) is 16.9. The van der Waals surface area contributed by atoms with Gasteiger partial charge in [-0.05, 0) is 48.4 Å². The minimum atomic E-state index is -4.01. The van der Waals surface area contributed by atoms with Crippen molar-refractivity contribution in [2.45, 2.75) is 17.9 Å². The highest BCUT2D eigenvalue weighted by molar-refractivity contribution is 9.10. The van der Waals surface area contributed by atoms with Gasteiger partial charge in [0.2, 0.25) is 0 Å². The van der Waals surface area contributed by atoms with E-state index in [9.17, 15) is 13.2 Å². The number of benzene rings is 3. The number of halogens is 1. The number of rotatable bonds is 3. The number of carbonyl (C=O) groups excluding carboxylic acids is 1. The maximum Gasteiger partial charge on any atom is 0.268 e. The molecule has 27 heavy (non-hydrogen) atoms. The molecule has 1 amide bonds. The van der Waals surface area contributed by atoms with Gasteiger partial charge in [-0.1, -0.05) is 64.0 Å². The van der Waals surface area contributed by atoms with Crippen LogP contribution in [0.3, 0.4) is 0 Å². The number of carbonyl (C=O) groups is 1. The largest absolute Gasteiger partial charge is 0.268 e. The van der Waals surface area contributed by atoms with Crippen LogP contribution in [0.5, 0.6) is 0 Å². The first-order valence-corrected chi connectivity index (χ1v) is 10.6. The highest BCUT2D eigenvalue weighted by Crippen LogP contribution is 2.42. The molecular formula is C21H16BrNO3S. The average molecular weight is 442 g/mol. The summed E-state index contributed by atoms with van der Waals surface area (Å²) < 4.78 is 28.6. The van der Waals surface area contributed by atoms with Gasteiger partial charge in [-0.3, -0.25) is 4.79 Å². The van der Waals surface area contributed by atoms with Gasteiger partial charge in [-0.25, -0.2) is 12.7 Å². The van der Waals surface area contributed by atoms with Crippen molar-refractivity contribution in [3.8, 4) is 0 Å². The van der Waals surface area contributed by atoms with Gasteiger partial charge in [0.1, 0.15) is 0 Å². The Balaban J connectivity index is 1.91. The molecule has 0 saturated heterocycles. The predicted molar refractivity (Wildman–Crippen MR) is 107 cm³/mol. The third kappa shape index (κ3) is 2.99. The molecular weight excluding hydrogens is 426 g/mol. The second kappa shape index (κ2) is 6.62. The lowest BCUT2D eigenvalue weighted by atomic mass is 9.99. The number of sulfonamides is 1. The zero-order chi connectivity index (χ0) is 19.2. The number of aryl methyl sites for hydroxylation is 1. The van der Waals surface area contributed by atoms with Gasteiger partial charge >= 0.3 is 0 Å². The summed E-state index contributed by atoms with van der Waals surface area (Å²) in [6.07, 6.45) is 0. The maximum atomic E-state index is 13.4. The molecule has 1 aliphatic rings. The summed E-state index contributed by atoms with van der Waals surface area (Å²) in [5.74, 6) is -0.501. The highest BCUT2D eigenvalue weighted by atomic mass is 79.9. The van der Waals surface area contributed by atoms with E-state index in [4.69, 9.17) is 0 Å². The van der Waals surface area contributed by atoms with Crippen molar-refractivity contribution < 1.29 is 13.2 Å². The Bertz CT molecular complexity index is 1120. The van der Waals surface area contributed by atoms with Crippen LogP contribution in [0.25, 0.3) is 0 Å². The summed E-state index contributed by atoms with van der Waals surface area (Å²) >= 11 is 3.40. The number of hydrogen-bond donors (Lipinski definition) is 0. The van der Waals surface area contributed by atoms with E-state index in [2.05, 4.69) is 15.9 Å². The van der Waals surface area contributed by atoms with E-state index in [0.29, 0.717) is 11.1 Å². The Morgan fingerprint density at radius 2 is 1.52 bits per heavy atom. The number of fused-ring (bicyclic) bond motifs is 1. The summed E-state index contributed by atoms with van der Waals surface area (Å²) in [7, 11) is -4.01. The third-order valence-electron chi connectivity index (χ3n) is 4.68. The van der Waals surface area contributed by atoms with Crippen LogP contribution < -0.4 is 0 Å². The van der Waals surface area contributed by atoms with Crippen LogP contribution in [0.2, 0.25) is 0 Å². The van der Waals surface area contributed by atoms with Crippen molar-refractivity contribution in [1.82, 2.24) is 4.31 Å². The van der Waals surface area contributed by atoms with Crippen LogP contribution in [0.1, 0.15) is 33.1 Å². The number of nitrogens with zero attached hydrogens (tertiary/aromatic N) is 1. The first-order valence-electron chi connectivity index (χ1n) is 8.39. The molecule has 0 fully saturated rings. The maximum absolute atomic E-state index is 13.4. The molecule has 4 rings (SSSR count). The van der Waals surface area contributed by atoms with Gasteiger partial charge in [0.15, 0.2) is 0 Å². The second-order valence-corrected chi connectivity index (χ2v) is 9.19. The average Bonchev–Trinajstić information content (AvgIpc) is 2.96. The monoisotopic (exact) mass is 441 g/mol. The lowest BCUT2D eigenvalue weighted by Gasteiger charge is -2.25. The van der Waals surface area contributed by atoms with Gasteiger partial charge in [-0.15, -0.1) is 0 Å². The second-order valence-electron chi connectivity index (χ2n) is 6.46. The van der Waals surface area contributed by atoms with Gasteiger partial charge in [-0.2, -0.15) is 0 Å². The Labute approximate surface area is 166 Å². The fraction of sp³-hybridized carbons (Fsp3) is 0.0952. The van der Waals surface area contributed by atoms with E-state index in [1.165, 1.54) is 0 Å². The van der Waals surface area contributed by atoms with Gasteiger partial charge in [0.25, 0.3) is 15.9 Å². The van der Waals surface area contributed by atoms with Crippen LogP contribution in [0.4, 0.5) is 0 Å². The molecule has 0 bridgehead atoms. The minimum absolute atomic E-state index is 0.108. The summed E-state index contributed by atoms with van der Waals surface area (Å²) in [4.78, 5) is 13.2.